The van der Waals surface area contributed by atoms with E-state index in [-0.39, 0.29) is 12.5 Å². The normalized spacial score (nSPS) is 10.2. The second kappa shape index (κ2) is 6.90. The third kappa shape index (κ3) is 4.35. The minimum Gasteiger partial charge on any atom is -0.376 e. The fourth-order valence-electron chi connectivity index (χ4n) is 1.66. The van der Waals surface area contributed by atoms with E-state index in [4.69, 9.17) is 0 Å². The van der Waals surface area contributed by atoms with Crippen LogP contribution in [-0.2, 0) is 4.79 Å². The van der Waals surface area contributed by atoms with Crippen LogP contribution in [0.25, 0.3) is 0 Å². The lowest BCUT2D eigenvalue weighted by molar-refractivity contribution is -0.114. The first-order chi connectivity index (χ1) is 9.54. The molecule has 5 heteroatoms. The molecule has 0 heterocycles. The average Bonchev–Trinajstić information content (AvgIpc) is 2.41. The highest BCUT2D eigenvalue weighted by molar-refractivity contribution is 9.10. The highest BCUT2D eigenvalue weighted by Crippen LogP contribution is 2.20. The van der Waals surface area contributed by atoms with Gasteiger partial charge < -0.3 is 10.6 Å². The fraction of sp³-hybridized carbons (Fsp3) is 0.133. The molecule has 0 aromatic heterocycles. The first kappa shape index (κ1) is 15.1. The lowest BCUT2D eigenvalue weighted by atomic mass is 10.2. The molecule has 0 aliphatic heterocycles. The number of halogens is 2. The largest absolute Gasteiger partial charge is 0.376 e. The molecule has 2 rings (SSSR count). The molecule has 104 valence electrons. The average molecular weight is 398 g/mol. The molecule has 2 aromatic rings. The molecule has 2 N–H and O–H groups in total. The Morgan fingerprint density at radius 3 is 2.60 bits per heavy atom. The van der Waals surface area contributed by atoms with Crippen LogP contribution in [0.3, 0.4) is 0 Å². The minimum absolute atomic E-state index is 0.0827. The zero-order valence-electron chi connectivity index (χ0n) is 10.9. The van der Waals surface area contributed by atoms with E-state index in [1.54, 1.807) is 0 Å². The van der Waals surface area contributed by atoms with Crippen molar-refractivity contribution in [2.75, 3.05) is 17.2 Å². The van der Waals surface area contributed by atoms with Crippen molar-refractivity contribution in [3.63, 3.8) is 0 Å². The van der Waals surface area contributed by atoms with Gasteiger partial charge in [-0.25, -0.2) is 0 Å². The molecule has 0 unspecified atom stereocenters. The van der Waals surface area contributed by atoms with Crippen molar-refractivity contribution in [2.24, 2.45) is 0 Å². The smallest absolute Gasteiger partial charge is 0.243 e. The Bertz CT molecular complexity index is 629. The molecule has 0 aliphatic rings. The summed E-state index contributed by atoms with van der Waals surface area (Å²) in [7, 11) is 0. The zero-order chi connectivity index (χ0) is 14.5. The topological polar surface area (TPSA) is 41.1 Å². The van der Waals surface area contributed by atoms with Gasteiger partial charge in [0, 0.05) is 20.3 Å². The summed E-state index contributed by atoms with van der Waals surface area (Å²) >= 11 is 6.84. The molecular weight excluding hydrogens is 384 g/mol. The van der Waals surface area contributed by atoms with Crippen molar-refractivity contribution in [1.82, 2.24) is 0 Å². The number of amides is 1. The Balaban J connectivity index is 1.91. The van der Waals surface area contributed by atoms with Crippen LogP contribution in [-0.4, -0.2) is 12.5 Å². The summed E-state index contributed by atoms with van der Waals surface area (Å²) in [6, 6.07) is 13.4. The van der Waals surface area contributed by atoms with Crippen LogP contribution in [0.15, 0.2) is 51.4 Å². The molecule has 2 aromatic carbocycles. The molecule has 0 saturated heterocycles. The predicted molar refractivity (Wildman–Crippen MR) is 90.1 cm³/mol. The zero-order valence-corrected chi connectivity index (χ0v) is 14.1. The van der Waals surface area contributed by atoms with Crippen molar-refractivity contribution in [3.05, 3.63) is 57.0 Å². The molecule has 0 atom stereocenters. The van der Waals surface area contributed by atoms with Crippen molar-refractivity contribution < 1.29 is 4.79 Å². The monoisotopic (exact) mass is 396 g/mol. The number of carbonyl (C=O) groups is 1. The summed E-state index contributed by atoms with van der Waals surface area (Å²) < 4.78 is 1.96. The summed E-state index contributed by atoms with van der Waals surface area (Å²) in [6.45, 7) is 2.23. The maximum absolute atomic E-state index is 11.9. The molecule has 0 spiro atoms. The maximum atomic E-state index is 11.9. The fourth-order valence-corrected chi connectivity index (χ4v) is 2.43. The van der Waals surface area contributed by atoms with Crippen LogP contribution in [0.5, 0.6) is 0 Å². The molecular formula is C15H14Br2N2O. The Morgan fingerprint density at radius 1 is 1.10 bits per heavy atom. The van der Waals surface area contributed by atoms with Crippen LogP contribution in [0, 0.1) is 6.92 Å². The van der Waals surface area contributed by atoms with Gasteiger partial charge >= 0.3 is 0 Å². The second-order valence-corrected chi connectivity index (χ2v) is 6.15. The molecule has 3 nitrogen and oxygen atoms in total. The van der Waals surface area contributed by atoms with E-state index in [0.29, 0.717) is 0 Å². The van der Waals surface area contributed by atoms with Gasteiger partial charge in [0.25, 0.3) is 0 Å². The lowest BCUT2D eigenvalue weighted by Gasteiger charge is -2.09. The van der Waals surface area contributed by atoms with E-state index in [2.05, 4.69) is 42.5 Å². The highest BCUT2D eigenvalue weighted by Gasteiger charge is 2.04. The molecule has 0 aliphatic carbocycles. The molecule has 1 amide bonds. The number of anilines is 2. The van der Waals surface area contributed by atoms with Gasteiger partial charge in [0.1, 0.15) is 0 Å². The van der Waals surface area contributed by atoms with Gasteiger partial charge in [0.15, 0.2) is 0 Å². The molecule has 0 fully saturated rings. The number of nitrogens with one attached hydrogen (secondary N) is 2. The van der Waals surface area contributed by atoms with Crippen LogP contribution >= 0.6 is 31.9 Å². The van der Waals surface area contributed by atoms with Gasteiger partial charge in [-0.3, -0.25) is 4.79 Å². The van der Waals surface area contributed by atoms with E-state index in [9.17, 15) is 4.79 Å². The van der Waals surface area contributed by atoms with Gasteiger partial charge in [-0.05, 0) is 42.8 Å². The van der Waals surface area contributed by atoms with E-state index in [1.165, 1.54) is 0 Å². The number of benzene rings is 2. The van der Waals surface area contributed by atoms with Gasteiger partial charge in [-0.1, -0.05) is 44.0 Å². The summed E-state index contributed by atoms with van der Waals surface area (Å²) in [4.78, 5) is 11.9. The van der Waals surface area contributed by atoms with E-state index in [1.807, 2.05) is 49.4 Å². The number of rotatable bonds is 4. The van der Waals surface area contributed by atoms with Gasteiger partial charge in [0.2, 0.25) is 5.91 Å². The summed E-state index contributed by atoms with van der Waals surface area (Å²) in [5.74, 6) is -0.0827. The minimum atomic E-state index is -0.0827. The predicted octanol–water partition coefficient (Wildman–Crippen LogP) is 4.57. The number of aryl methyl sites for hydroxylation is 1. The lowest BCUT2D eigenvalue weighted by Crippen LogP contribution is -2.21. The summed E-state index contributed by atoms with van der Waals surface area (Å²) in [6.07, 6.45) is 0. The Labute approximate surface area is 135 Å². The number of hydrogen-bond donors (Lipinski definition) is 2. The molecule has 20 heavy (non-hydrogen) atoms. The highest BCUT2D eigenvalue weighted by atomic mass is 79.9. The second-order valence-electron chi connectivity index (χ2n) is 4.38. The van der Waals surface area contributed by atoms with E-state index >= 15 is 0 Å². The van der Waals surface area contributed by atoms with Crippen molar-refractivity contribution >= 4 is 49.1 Å². The first-order valence-corrected chi connectivity index (χ1v) is 7.68. The van der Waals surface area contributed by atoms with Crippen LogP contribution < -0.4 is 10.6 Å². The van der Waals surface area contributed by atoms with E-state index in [0.717, 1.165) is 25.9 Å². The molecule has 0 saturated carbocycles. The Kier molecular flexibility index (Phi) is 5.20. The number of hydrogen-bond acceptors (Lipinski definition) is 2. The maximum Gasteiger partial charge on any atom is 0.243 e. The van der Waals surface area contributed by atoms with E-state index < -0.39 is 0 Å². The first-order valence-electron chi connectivity index (χ1n) is 6.10. The standard InChI is InChI=1S/C15H14Br2N2O/c1-10-5-6-13(8-14(10)17)19-15(20)9-18-12-4-2-3-11(16)7-12/h2-8,18H,9H2,1H3,(H,19,20). The van der Waals surface area contributed by atoms with Gasteiger partial charge in [-0.2, -0.15) is 0 Å². The van der Waals surface area contributed by atoms with Crippen molar-refractivity contribution in [2.45, 2.75) is 6.92 Å². The third-order valence-corrected chi connectivity index (χ3v) is 4.08. The molecule has 0 radical (unpaired) electrons. The van der Waals surface area contributed by atoms with Crippen LogP contribution in [0.4, 0.5) is 11.4 Å². The van der Waals surface area contributed by atoms with Crippen molar-refractivity contribution in [1.29, 1.82) is 0 Å². The third-order valence-electron chi connectivity index (χ3n) is 2.73. The quantitative estimate of drug-likeness (QED) is 0.793. The molecule has 0 bridgehead atoms. The Morgan fingerprint density at radius 2 is 1.90 bits per heavy atom. The van der Waals surface area contributed by atoms with Crippen LogP contribution in [0.1, 0.15) is 5.56 Å². The summed E-state index contributed by atoms with van der Waals surface area (Å²) in [5.41, 5.74) is 2.82. The summed E-state index contributed by atoms with van der Waals surface area (Å²) in [5, 5.41) is 5.93. The number of carbonyl (C=O) groups excluding carboxylic acids is 1. The SMILES string of the molecule is Cc1ccc(NC(=O)CNc2cccc(Br)c2)cc1Br. The van der Waals surface area contributed by atoms with Crippen molar-refractivity contribution in [3.8, 4) is 0 Å². The Hall–Kier alpha value is -1.33. The van der Waals surface area contributed by atoms with Crippen LogP contribution in [0.2, 0.25) is 0 Å². The van der Waals surface area contributed by atoms with Gasteiger partial charge in [0.05, 0.1) is 6.54 Å². The van der Waals surface area contributed by atoms with Gasteiger partial charge in [-0.15, -0.1) is 0 Å².